The average molecular weight is 256 g/mol. The minimum atomic E-state index is -2.84. The number of hydrogen-bond donors (Lipinski definition) is 1. The lowest BCUT2D eigenvalue weighted by atomic mass is 10.2. The Hall–Kier alpha value is -1.30. The van der Waals surface area contributed by atoms with E-state index in [-0.39, 0.29) is 17.5 Å². The van der Waals surface area contributed by atoms with Crippen molar-refractivity contribution < 1.29 is 13.2 Å². The van der Waals surface area contributed by atoms with Crippen LogP contribution in [-0.4, -0.2) is 37.6 Å². The van der Waals surface area contributed by atoms with Crippen molar-refractivity contribution in [3.05, 3.63) is 18.3 Å². The van der Waals surface area contributed by atoms with Gasteiger partial charge in [-0.25, -0.2) is 13.4 Å². The van der Waals surface area contributed by atoms with Crippen LogP contribution in [0.25, 0.3) is 0 Å². The Morgan fingerprint density at radius 3 is 2.88 bits per heavy atom. The van der Waals surface area contributed by atoms with E-state index in [2.05, 4.69) is 10.3 Å². The molecule has 5 nitrogen and oxygen atoms in total. The normalized spacial score (nSPS) is 22.3. The van der Waals surface area contributed by atoms with Crippen LogP contribution in [0.1, 0.15) is 13.3 Å². The van der Waals surface area contributed by atoms with Crippen molar-refractivity contribution in [3.8, 4) is 5.88 Å². The molecule has 1 N–H and O–H groups in total. The summed E-state index contributed by atoms with van der Waals surface area (Å²) in [6.07, 6.45) is 2.32. The van der Waals surface area contributed by atoms with Gasteiger partial charge in [0.2, 0.25) is 5.88 Å². The van der Waals surface area contributed by atoms with E-state index in [4.69, 9.17) is 4.74 Å². The summed E-state index contributed by atoms with van der Waals surface area (Å²) in [6, 6.07) is 3.62. The second-order valence-electron chi connectivity index (χ2n) is 4.06. The number of nitrogens with one attached hydrogen (secondary N) is 1. The molecule has 1 aliphatic rings. The van der Waals surface area contributed by atoms with Crippen LogP contribution in [0.15, 0.2) is 18.3 Å². The molecule has 2 heterocycles. The molecule has 1 aliphatic heterocycles. The lowest BCUT2D eigenvalue weighted by molar-refractivity contribution is 0.327. The molecule has 0 radical (unpaired) electrons. The zero-order chi connectivity index (χ0) is 12.3. The van der Waals surface area contributed by atoms with Gasteiger partial charge >= 0.3 is 0 Å². The maximum Gasteiger partial charge on any atom is 0.213 e. The summed E-state index contributed by atoms with van der Waals surface area (Å²) in [6.45, 7) is 2.48. The Morgan fingerprint density at radius 2 is 2.35 bits per heavy atom. The molecule has 1 fully saturated rings. The van der Waals surface area contributed by atoms with Gasteiger partial charge in [0.1, 0.15) is 0 Å². The highest BCUT2D eigenvalue weighted by atomic mass is 32.2. The van der Waals surface area contributed by atoms with Crippen LogP contribution in [0.3, 0.4) is 0 Å². The summed E-state index contributed by atoms with van der Waals surface area (Å²) in [5, 5.41) is 3.17. The Labute approximate surface area is 101 Å². The van der Waals surface area contributed by atoms with Crippen LogP contribution in [0, 0.1) is 0 Å². The molecule has 1 saturated heterocycles. The van der Waals surface area contributed by atoms with E-state index < -0.39 is 9.84 Å². The van der Waals surface area contributed by atoms with Gasteiger partial charge in [-0.3, -0.25) is 0 Å². The molecule has 6 heteroatoms. The molecule has 1 unspecified atom stereocenters. The summed E-state index contributed by atoms with van der Waals surface area (Å²) >= 11 is 0. The second-order valence-corrected chi connectivity index (χ2v) is 6.29. The third-order valence-corrected chi connectivity index (χ3v) is 4.40. The zero-order valence-electron chi connectivity index (χ0n) is 9.72. The lowest BCUT2D eigenvalue weighted by Crippen LogP contribution is -2.20. The first-order valence-electron chi connectivity index (χ1n) is 5.65. The summed E-state index contributed by atoms with van der Waals surface area (Å²) < 4.78 is 27.8. The summed E-state index contributed by atoms with van der Waals surface area (Å²) in [7, 11) is -2.84. The highest BCUT2D eigenvalue weighted by molar-refractivity contribution is 7.91. The summed E-state index contributed by atoms with van der Waals surface area (Å²) in [4.78, 5) is 4.11. The number of ether oxygens (including phenoxy) is 1. The quantitative estimate of drug-likeness (QED) is 0.873. The Morgan fingerprint density at radius 1 is 1.53 bits per heavy atom. The molecule has 17 heavy (non-hydrogen) atoms. The van der Waals surface area contributed by atoms with E-state index in [1.807, 2.05) is 13.0 Å². The number of rotatable bonds is 4. The van der Waals surface area contributed by atoms with Gasteiger partial charge in [0.25, 0.3) is 0 Å². The molecule has 2 rings (SSSR count). The van der Waals surface area contributed by atoms with Crippen molar-refractivity contribution in [1.29, 1.82) is 0 Å². The first-order chi connectivity index (χ1) is 8.09. The van der Waals surface area contributed by atoms with Gasteiger partial charge in [0.05, 0.1) is 30.0 Å². The van der Waals surface area contributed by atoms with E-state index in [0.717, 1.165) is 5.69 Å². The number of pyridine rings is 1. The predicted octanol–water partition coefficient (Wildman–Crippen LogP) is 1.08. The molecule has 0 spiro atoms. The van der Waals surface area contributed by atoms with Gasteiger partial charge in [-0.15, -0.1) is 0 Å². The first kappa shape index (κ1) is 12.2. The SMILES string of the molecule is CCOc1ccc(NC2CCS(=O)(=O)C2)cn1. The van der Waals surface area contributed by atoms with E-state index in [0.29, 0.717) is 18.9 Å². The number of aromatic nitrogens is 1. The number of nitrogens with zero attached hydrogens (tertiary/aromatic N) is 1. The Bertz CT molecular complexity index is 470. The fourth-order valence-electron chi connectivity index (χ4n) is 1.84. The van der Waals surface area contributed by atoms with E-state index in [1.54, 1.807) is 12.3 Å². The molecule has 0 aliphatic carbocycles. The van der Waals surface area contributed by atoms with Crippen molar-refractivity contribution in [1.82, 2.24) is 4.98 Å². The van der Waals surface area contributed by atoms with Crippen molar-refractivity contribution in [2.75, 3.05) is 23.4 Å². The molecule has 0 aromatic carbocycles. The maximum atomic E-state index is 11.3. The molecule has 1 aromatic heterocycles. The lowest BCUT2D eigenvalue weighted by Gasteiger charge is -2.12. The third-order valence-electron chi connectivity index (χ3n) is 2.63. The van der Waals surface area contributed by atoms with E-state index >= 15 is 0 Å². The molecular weight excluding hydrogens is 240 g/mol. The fraction of sp³-hybridized carbons (Fsp3) is 0.545. The number of anilines is 1. The summed E-state index contributed by atoms with van der Waals surface area (Å²) in [5.41, 5.74) is 0.829. The highest BCUT2D eigenvalue weighted by Crippen LogP contribution is 2.18. The van der Waals surface area contributed by atoms with Crippen LogP contribution < -0.4 is 10.1 Å². The molecule has 94 valence electrons. The Balaban J connectivity index is 1.95. The van der Waals surface area contributed by atoms with Crippen LogP contribution >= 0.6 is 0 Å². The second kappa shape index (κ2) is 4.91. The fourth-order valence-corrected chi connectivity index (χ4v) is 3.52. The van der Waals surface area contributed by atoms with Gasteiger partial charge in [-0.2, -0.15) is 0 Å². The van der Waals surface area contributed by atoms with Crippen LogP contribution in [0.5, 0.6) is 5.88 Å². The van der Waals surface area contributed by atoms with Gasteiger partial charge in [-0.05, 0) is 19.4 Å². The van der Waals surface area contributed by atoms with Gasteiger partial charge < -0.3 is 10.1 Å². The highest BCUT2D eigenvalue weighted by Gasteiger charge is 2.27. The molecular formula is C11H16N2O3S. The van der Waals surface area contributed by atoms with E-state index in [9.17, 15) is 8.42 Å². The third kappa shape index (κ3) is 3.33. The zero-order valence-corrected chi connectivity index (χ0v) is 10.5. The van der Waals surface area contributed by atoms with Crippen LogP contribution in [0.2, 0.25) is 0 Å². The maximum absolute atomic E-state index is 11.3. The monoisotopic (exact) mass is 256 g/mol. The number of hydrogen-bond acceptors (Lipinski definition) is 5. The van der Waals surface area contributed by atoms with Crippen LogP contribution in [-0.2, 0) is 9.84 Å². The Kier molecular flexibility index (Phi) is 3.51. The topological polar surface area (TPSA) is 68.3 Å². The minimum Gasteiger partial charge on any atom is -0.478 e. The molecule has 0 saturated carbocycles. The van der Waals surface area contributed by atoms with Gasteiger partial charge in [0.15, 0.2) is 9.84 Å². The first-order valence-corrected chi connectivity index (χ1v) is 7.47. The van der Waals surface area contributed by atoms with Gasteiger partial charge in [0, 0.05) is 12.1 Å². The molecule has 0 bridgehead atoms. The average Bonchev–Trinajstić information content (AvgIpc) is 2.61. The van der Waals surface area contributed by atoms with Crippen LogP contribution in [0.4, 0.5) is 5.69 Å². The van der Waals surface area contributed by atoms with Gasteiger partial charge in [-0.1, -0.05) is 0 Å². The number of sulfone groups is 1. The largest absolute Gasteiger partial charge is 0.478 e. The molecule has 1 aromatic rings. The smallest absolute Gasteiger partial charge is 0.213 e. The predicted molar refractivity (Wildman–Crippen MR) is 66.1 cm³/mol. The van der Waals surface area contributed by atoms with Crippen molar-refractivity contribution in [3.63, 3.8) is 0 Å². The van der Waals surface area contributed by atoms with Crippen molar-refractivity contribution in [2.45, 2.75) is 19.4 Å². The van der Waals surface area contributed by atoms with Crippen molar-refractivity contribution >= 4 is 15.5 Å². The molecule has 1 atom stereocenters. The standard InChI is InChI=1S/C11H16N2O3S/c1-2-16-11-4-3-9(7-12-11)13-10-5-6-17(14,15)8-10/h3-4,7,10,13H,2,5-6,8H2,1H3. The van der Waals surface area contributed by atoms with Crippen molar-refractivity contribution in [2.24, 2.45) is 0 Å². The molecule has 0 amide bonds. The summed E-state index contributed by atoms with van der Waals surface area (Å²) in [5.74, 6) is 1.06. The minimum absolute atomic E-state index is 0.000237. The van der Waals surface area contributed by atoms with E-state index in [1.165, 1.54) is 0 Å².